The quantitative estimate of drug-likeness (QED) is 0.162. The van der Waals surface area contributed by atoms with Crippen molar-refractivity contribution in [2.45, 2.75) is 0 Å². The molecule has 0 amide bonds. The second kappa shape index (κ2) is 14.8. The molecular formula is C52H32N6. The molecule has 270 valence electrons. The fourth-order valence-electron chi connectivity index (χ4n) is 7.28. The van der Waals surface area contributed by atoms with Crippen molar-refractivity contribution in [2.24, 2.45) is 0 Å². The molecule has 0 unspecified atom stereocenters. The molecule has 58 heavy (non-hydrogen) atoms. The third-order valence-corrected chi connectivity index (χ3v) is 10.5. The summed E-state index contributed by atoms with van der Waals surface area (Å²) in [5, 5.41) is 13.9. The molecule has 0 bridgehead atoms. The van der Waals surface area contributed by atoms with Crippen molar-refractivity contribution < 1.29 is 0 Å². The highest BCUT2D eigenvalue weighted by molar-refractivity contribution is 5.89. The molecule has 0 saturated heterocycles. The molecule has 0 saturated carbocycles. The van der Waals surface area contributed by atoms with Crippen LogP contribution in [0.5, 0.6) is 0 Å². The van der Waals surface area contributed by atoms with Gasteiger partial charge < -0.3 is 0 Å². The standard InChI is InChI=1S/C52H32N6/c53-31-34-32-54-49(55-33-34)41-19-9-37(10-20-41)38-11-21-42(22-12-38)50-56-51(43-23-13-39(14-24-43)47-27-17-35-5-1-3-7-45(35)29-47)58-52(57-50)44-25-15-40(16-26-44)48-28-18-36-6-2-4-8-46(36)30-48/h1-30,32-33H. The van der Waals surface area contributed by atoms with Crippen LogP contribution in [0.25, 0.3) is 100 Å². The maximum atomic E-state index is 9.08. The summed E-state index contributed by atoms with van der Waals surface area (Å²) in [6, 6.07) is 65.3. The number of aromatic nitrogens is 5. The lowest BCUT2D eigenvalue weighted by atomic mass is 10.00. The Labute approximate surface area is 335 Å². The fourth-order valence-corrected chi connectivity index (χ4v) is 7.28. The van der Waals surface area contributed by atoms with Gasteiger partial charge in [0, 0.05) is 34.6 Å². The molecule has 0 aliphatic carbocycles. The molecule has 10 rings (SSSR count). The Bertz CT molecular complexity index is 2990. The molecule has 0 aliphatic heterocycles. The van der Waals surface area contributed by atoms with Crippen molar-refractivity contribution in [1.82, 2.24) is 24.9 Å². The summed E-state index contributed by atoms with van der Waals surface area (Å²) < 4.78 is 0. The van der Waals surface area contributed by atoms with Crippen LogP contribution in [0.15, 0.2) is 194 Å². The Morgan fingerprint density at radius 2 is 0.586 bits per heavy atom. The Morgan fingerprint density at radius 1 is 0.293 bits per heavy atom. The second-order valence-electron chi connectivity index (χ2n) is 14.1. The van der Waals surface area contributed by atoms with E-state index in [0.29, 0.717) is 28.9 Å². The van der Waals surface area contributed by atoms with Gasteiger partial charge >= 0.3 is 0 Å². The molecule has 0 spiro atoms. The first-order valence-corrected chi connectivity index (χ1v) is 19.0. The number of hydrogen-bond acceptors (Lipinski definition) is 6. The molecule has 6 heteroatoms. The lowest BCUT2D eigenvalue weighted by molar-refractivity contribution is 1.07. The van der Waals surface area contributed by atoms with Crippen molar-refractivity contribution in [3.63, 3.8) is 0 Å². The van der Waals surface area contributed by atoms with E-state index in [9.17, 15) is 0 Å². The van der Waals surface area contributed by atoms with Gasteiger partial charge in [0.25, 0.3) is 0 Å². The van der Waals surface area contributed by atoms with Gasteiger partial charge in [0.05, 0.1) is 5.56 Å². The highest BCUT2D eigenvalue weighted by atomic mass is 15.0. The predicted molar refractivity (Wildman–Crippen MR) is 233 cm³/mol. The van der Waals surface area contributed by atoms with Gasteiger partial charge in [-0.15, -0.1) is 0 Å². The fraction of sp³-hybridized carbons (Fsp3) is 0. The van der Waals surface area contributed by atoms with E-state index in [2.05, 4.69) is 174 Å². The van der Waals surface area contributed by atoms with Gasteiger partial charge in [0.2, 0.25) is 0 Å². The molecule has 6 nitrogen and oxygen atoms in total. The highest BCUT2D eigenvalue weighted by Crippen LogP contribution is 2.32. The van der Waals surface area contributed by atoms with E-state index < -0.39 is 0 Å². The molecule has 10 aromatic rings. The van der Waals surface area contributed by atoms with Gasteiger partial charge in [-0.3, -0.25) is 0 Å². The molecule has 0 N–H and O–H groups in total. The minimum absolute atomic E-state index is 0.433. The van der Waals surface area contributed by atoms with Crippen molar-refractivity contribution >= 4 is 21.5 Å². The highest BCUT2D eigenvalue weighted by Gasteiger charge is 2.14. The van der Waals surface area contributed by atoms with Gasteiger partial charge in [-0.1, -0.05) is 170 Å². The molecule has 0 fully saturated rings. The summed E-state index contributed by atoms with van der Waals surface area (Å²) in [6.45, 7) is 0. The Hall–Kier alpha value is -8.14. The number of fused-ring (bicyclic) bond motifs is 2. The number of benzene rings is 8. The summed E-state index contributed by atoms with van der Waals surface area (Å²) in [5.41, 5.74) is 10.7. The van der Waals surface area contributed by atoms with Gasteiger partial charge in [-0.2, -0.15) is 5.26 Å². The normalized spacial score (nSPS) is 11.1. The zero-order valence-corrected chi connectivity index (χ0v) is 31.2. The topological polar surface area (TPSA) is 88.2 Å². The Kier molecular flexibility index (Phi) is 8.79. The summed E-state index contributed by atoms with van der Waals surface area (Å²) in [5.74, 6) is 2.38. The minimum Gasteiger partial charge on any atom is -0.235 e. The zero-order chi connectivity index (χ0) is 38.8. The smallest absolute Gasteiger partial charge is 0.164 e. The molecule has 0 radical (unpaired) electrons. The Morgan fingerprint density at radius 3 is 0.948 bits per heavy atom. The molecule has 2 aromatic heterocycles. The minimum atomic E-state index is 0.433. The second-order valence-corrected chi connectivity index (χ2v) is 14.1. The van der Waals surface area contributed by atoms with Crippen molar-refractivity contribution in [2.75, 3.05) is 0 Å². The number of nitrogens with zero attached hydrogens (tertiary/aromatic N) is 6. The Balaban J connectivity index is 0.985. The third-order valence-electron chi connectivity index (χ3n) is 10.5. The van der Waals surface area contributed by atoms with E-state index in [-0.39, 0.29) is 0 Å². The first kappa shape index (κ1) is 34.4. The molecule has 2 heterocycles. The zero-order valence-electron chi connectivity index (χ0n) is 31.2. The number of nitriles is 1. The van der Waals surface area contributed by atoms with Crippen LogP contribution in [0.4, 0.5) is 0 Å². The summed E-state index contributed by atoms with van der Waals surface area (Å²) in [6.07, 6.45) is 3.07. The van der Waals surface area contributed by atoms with Gasteiger partial charge in [0.15, 0.2) is 23.3 Å². The van der Waals surface area contributed by atoms with E-state index in [1.165, 1.54) is 33.9 Å². The van der Waals surface area contributed by atoms with Crippen LogP contribution in [-0.4, -0.2) is 24.9 Å². The first-order valence-electron chi connectivity index (χ1n) is 19.0. The lowest BCUT2D eigenvalue weighted by Gasteiger charge is -2.11. The van der Waals surface area contributed by atoms with E-state index in [1.807, 2.05) is 24.3 Å². The SMILES string of the molecule is N#Cc1cnc(-c2ccc(-c3ccc(-c4nc(-c5ccc(-c6ccc7ccccc7c6)cc5)nc(-c5ccc(-c6ccc7ccccc7c6)cc5)n4)cc3)cc2)nc1. The van der Waals surface area contributed by atoms with Crippen LogP contribution >= 0.6 is 0 Å². The monoisotopic (exact) mass is 740 g/mol. The van der Waals surface area contributed by atoms with Crippen molar-refractivity contribution in [1.29, 1.82) is 5.26 Å². The summed E-state index contributed by atoms with van der Waals surface area (Å²) in [7, 11) is 0. The van der Waals surface area contributed by atoms with E-state index >= 15 is 0 Å². The van der Waals surface area contributed by atoms with Crippen LogP contribution in [0.2, 0.25) is 0 Å². The van der Waals surface area contributed by atoms with Crippen LogP contribution < -0.4 is 0 Å². The lowest BCUT2D eigenvalue weighted by Crippen LogP contribution is -2.00. The van der Waals surface area contributed by atoms with E-state index in [1.54, 1.807) is 0 Å². The molecule has 8 aromatic carbocycles. The van der Waals surface area contributed by atoms with Crippen molar-refractivity contribution in [3.05, 3.63) is 200 Å². The average molecular weight is 741 g/mol. The van der Waals surface area contributed by atoms with Crippen LogP contribution in [0.1, 0.15) is 5.56 Å². The summed E-state index contributed by atoms with van der Waals surface area (Å²) in [4.78, 5) is 23.8. The van der Waals surface area contributed by atoms with Crippen molar-refractivity contribution in [3.8, 4) is 85.0 Å². The van der Waals surface area contributed by atoms with Gasteiger partial charge in [-0.05, 0) is 67.1 Å². The molecule has 0 aliphatic rings. The third kappa shape index (κ3) is 6.85. The van der Waals surface area contributed by atoms with E-state index in [0.717, 1.165) is 55.6 Å². The van der Waals surface area contributed by atoms with Crippen LogP contribution in [0.3, 0.4) is 0 Å². The van der Waals surface area contributed by atoms with Crippen LogP contribution in [0, 0.1) is 11.3 Å². The summed E-state index contributed by atoms with van der Waals surface area (Å²) >= 11 is 0. The van der Waals surface area contributed by atoms with Gasteiger partial charge in [0.1, 0.15) is 6.07 Å². The maximum Gasteiger partial charge on any atom is 0.164 e. The number of rotatable bonds is 7. The maximum absolute atomic E-state index is 9.08. The van der Waals surface area contributed by atoms with Crippen LogP contribution in [-0.2, 0) is 0 Å². The largest absolute Gasteiger partial charge is 0.235 e. The number of hydrogen-bond donors (Lipinski definition) is 0. The predicted octanol–water partition coefficient (Wildman–Crippen LogP) is 12.5. The molecular weight excluding hydrogens is 709 g/mol. The van der Waals surface area contributed by atoms with Gasteiger partial charge in [-0.25, -0.2) is 24.9 Å². The first-order chi connectivity index (χ1) is 28.6. The van der Waals surface area contributed by atoms with E-state index in [4.69, 9.17) is 20.2 Å². The average Bonchev–Trinajstić information content (AvgIpc) is 3.31. The molecule has 0 atom stereocenters.